The number of hydrogen-bond acceptors (Lipinski definition) is 3. The molecule has 1 aliphatic heterocycles. The fourth-order valence-electron chi connectivity index (χ4n) is 2.37. The van der Waals surface area contributed by atoms with Gasteiger partial charge in [0.25, 0.3) is 0 Å². The van der Waals surface area contributed by atoms with Crippen molar-refractivity contribution in [2.24, 2.45) is 0 Å². The Bertz CT molecular complexity index is 541. The number of ether oxygens (including phenoxy) is 1. The number of morpholine rings is 1. The van der Waals surface area contributed by atoms with E-state index < -0.39 is 17.5 Å². The van der Waals surface area contributed by atoms with E-state index in [4.69, 9.17) is 9.84 Å². The van der Waals surface area contributed by atoms with Crippen molar-refractivity contribution in [2.45, 2.75) is 25.4 Å². The predicted octanol–water partition coefficient (Wildman–Crippen LogP) is 2.04. The number of aliphatic carboxylic acids is 1. The highest BCUT2D eigenvalue weighted by Gasteiger charge is 2.37. The lowest BCUT2D eigenvalue weighted by Gasteiger charge is -2.36. The summed E-state index contributed by atoms with van der Waals surface area (Å²) in [5.74, 6) is -1.12. The molecule has 5 nitrogen and oxygen atoms in total. The summed E-state index contributed by atoms with van der Waals surface area (Å²) in [6, 6.07) is 7.58. The van der Waals surface area contributed by atoms with Crippen molar-refractivity contribution in [1.82, 2.24) is 4.90 Å². The lowest BCUT2D eigenvalue weighted by atomic mass is 9.83. The van der Waals surface area contributed by atoms with Gasteiger partial charge >= 0.3 is 5.97 Å². The second-order valence-electron chi connectivity index (χ2n) is 5.58. The minimum absolute atomic E-state index is 0.0839. The molecule has 1 saturated heterocycles. The van der Waals surface area contributed by atoms with Gasteiger partial charge in [-0.05, 0) is 31.5 Å². The molecule has 21 heavy (non-hydrogen) atoms. The van der Waals surface area contributed by atoms with Crippen molar-refractivity contribution >= 4 is 27.8 Å². The first-order chi connectivity index (χ1) is 9.82. The Balaban J connectivity index is 2.17. The number of rotatable bonds is 3. The van der Waals surface area contributed by atoms with Gasteiger partial charge in [0.1, 0.15) is 0 Å². The summed E-state index contributed by atoms with van der Waals surface area (Å²) >= 11 is 3.37. The molecule has 1 fully saturated rings. The highest BCUT2D eigenvalue weighted by atomic mass is 79.9. The Hall–Kier alpha value is -1.40. The molecule has 1 aliphatic rings. The van der Waals surface area contributed by atoms with Gasteiger partial charge in [-0.1, -0.05) is 28.1 Å². The summed E-state index contributed by atoms with van der Waals surface area (Å²) in [6.07, 6.45) is -0.941. The normalized spacial score (nSPS) is 19.4. The van der Waals surface area contributed by atoms with E-state index in [9.17, 15) is 9.59 Å². The number of nitrogens with zero attached hydrogens (tertiary/aromatic N) is 1. The first-order valence-electron chi connectivity index (χ1n) is 6.72. The van der Waals surface area contributed by atoms with Crippen LogP contribution in [0.1, 0.15) is 19.4 Å². The van der Waals surface area contributed by atoms with Crippen LogP contribution in [0.4, 0.5) is 0 Å². The zero-order valence-electron chi connectivity index (χ0n) is 12.0. The third-order valence-corrected chi connectivity index (χ3v) is 4.26. The molecule has 1 atom stereocenters. The second-order valence-corrected chi connectivity index (χ2v) is 6.50. The van der Waals surface area contributed by atoms with Gasteiger partial charge in [0.15, 0.2) is 6.10 Å². The lowest BCUT2D eigenvalue weighted by molar-refractivity contribution is -0.160. The zero-order valence-corrected chi connectivity index (χ0v) is 13.6. The maximum atomic E-state index is 12.7. The third kappa shape index (κ3) is 3.44. The van der Waals surface area contributed by atoms with Crippen LogP contribution in [0, 0.1) is 0 Å². The average molecular weight is 356 g/mol. The monoisotopic (exact) mass is 355 g/mol. The van der Waals surface area contributed by atoms with E-state index in [0.717, 1.165) is 10.0 Å². The second kappa shape index (κ2) is 6.15. The Morgan fingerprint density at radius 1 is 1.33 bits per heavy atom. The Kier molecular flexibility index (Phi) is 4.68. The molecule has 1 aromatic rings. The Morgan fingerprint density at radius 2 is 1.95 bits per heavy atom. The van der Waals surface area contributed by atoms with E-state index in [-0.39, 0.29) is 19.1 Å². The average Bonchev–Trinajstić information content (AvgIpc) is 2.47. The maximum absolute atomic E-state index is 12.7. The van der Waals surface area contributed by atoms with Crippen LogP contribution < -0.4 is 0 Å². The molecular formula is C15H18BrNO4. The van der Waals surface area contributed by atoms with Crippen molar-refractivity contribution < 1.29 is 19.4 Å². The number of carbonyl (C=O) groups is 2. The van der Waals surface area contributed by atoms with Gasteiger partial charge in [0, 0.05) is 11.0 Å². The molecule has 114 valence electrons. The topological polar surface area (TPSA) is 66.8 Å². The number of amides is 1. The summed E-state index contributed by atoms with van der Waals surface area (Å²) in [5, 5.41) is 9.02. The van der Waals surface area contributed by atoms with Crippen LogP contribution in [-0.4, -0.2) is 47.7 Å². The van der Waals surface area contributed by atoms with Gasteiger partial charge in [0.05, 0.1) is 18.6 Å². The van der Waals surface area contributed by atoms with Crippen molar-refractivity contribution in [1.29, 1.82) is 0 Å². The lowest BCUT2D eigenvalue weighted by Crippen LogP contribution is -2.53. The minimum Gasteiger partial charge on any atom is -0.479 e. The van der Waals surface area contributed by atoms with Crippen molar-refractivity contribution in [3.8, 4) is 0 Å². The summed E-state index contributed by atoms with van der Waals surface area (Å²) in [4.78, 5) is 25.3. The fraction of sp³-hybridized carbons (Fsp3) is 0.467. The number of halogens is 1. The van der Waals surface area contributed by atoms with Crippen molar-refractivity contribution in [3.63, 3.8) is 0 Å². The van der Waals surface area contributed by atoms with E-state index in [1.54, 1.807) is 4.90 Å². The first kappa shape index (κ1) is 16.0. The quantitative estimate of drug-likeness (QED) is 0.900. The van der Waals surface area contributed by atoms with Crippen LogP contribution in [0.25, 0.3) is 0 Å². The summed E-state index contributed by atoms with van der Waals surface area (Å²) < 4.78 is 6.11. The van der Waals surface area contributed by atoms with Crippen molar-refractivity contribution in [3.05, 3.63) is 34.3 Å². The number of benzene rings is 1. The molecule has 0 unspecified atom stereocenters. The molecule has 0 aromatic heterocycles. The number of carbonyl (C=O) groups excluding carboxylic acids is 1. The minimum atomic E-state index is -1.03. The molecular weight excluding hydrogens is 338 g/mol. The molecule has 0 bridgehead atoms. The van der Waals surface area contributed by atoms with Crippen LogP contribution in [-0.2, 0) is 19.7 Å². The Morgan fingerprint density at radius 3 is 2.52 bits per heavy atom. The molecule has 0 spiro atoms. The molecule has 0 saturated carbocycles. The molecule has 1 heterocycles. The fourth-order valence-corrected chi connectivity index (χ4v) is 2.63. The van der Waals surface area contributed by atoms with Crippen LogP contribution in [0.15, 0.2) is 28.7 Å². The van der Waals surface area contributed by atoms with E-state index in [0.29, 0.717) is 6.54 Å². The maximum Gasteiger partial charge on any atom is 0.334 e. The number of carboxylic acid groups (broad SMARTS) is 1. The van der Waals surface area contributed by atoms with Gasteiger partial charge in [-0.3, -0.25) is 4.79 Å². The molecule has 0 aliphatic carbocycles. The van der Waals surface area contributed by atoms with E-state index in [1.165, 1.54) is 0 Å². The summed E-state index contributed by atoms with van der Waals surface area (Å²) in [7, 11) is 0. The predicted molar refractivity (Wildman–Crippen MR) is 81.1 cm³/mol. The van der Waals surface area contributed by atoms with E-state index in [1.807, 2.05) is 38.1 Å². The highest BCUT2D eigenvalue weighted by Crippen LogP contribution is 2.28. The van der Waals surface area contributed by atoms with E-state index in [2.05, 4.69) is 15.9 Å². The smallest absolute Gasteiger partial charge is 0.334 e. The summed E-state index contributed by atoms with van der Waals surface area (Å²) in [6.45, 7) is 4.46. The number of carboxylic acids is 1. The standard InChI is InChI=1S/C15H18BrNO4/c1-15(2,10-3-5-11(16)6-4-10)14(20)17-7-8-21-12(9-17)13(18)19/h3-6,12H,7-9H2,1-2H3,(H,18,19)/t12-/m0/s1. The molecule has 6 heteroatoms. The molecule has 0 radical (unpaired) electrons. The Labute approximate surface area is 132 Å². The van der Waals surface area contributed by atoms with Crippen LogP contribution >= 0.6 is 15.9 Å². The van der Waals surface area contributed by atoms with Gasteiger partial charge < -0.3 is 14.7 Å². The van der Waals surface area contributed by atoms with Crippen molar-refractivity contribution in [2.75, 3.05) is 19.7 Å². The zero-order chi connectivity index (χ0) is 15.6. The molecule has 1 N–H and O–H groups in total. The van der Waals surface area contributed by atoms with Gasteiger partial charge in [-0.2, -0.15) is 0 Å². The van der Waals surface area contributed by atoms with E-state index >= 15 is 0 Å². The van der Waals surface area contributed by atoms with Gasteiger partial charge in [-0.25, -0.2) is 4.79 Å². The first-order valence-corrected chi connectivity index (χ1v) is 7.51. The third-order valence-electron chi connectivity index (χ3n) is 3.73. The molecule has 2 rings (SSSR count). The van der Waals surface area contributed by atoms with Crippen LogP contribution in [0.3, 0.4) is 0 Å². The van der Waals surface area contributed by atoms with Crippen LogP contribution in [0.5, 0.6) is 0 Å². The van der Waals surface area contributed by atoms with Crippen LogP contribution in [0.2, 0.25) is 0 Å². The number of hydrogen-bond donors (Lipinski definition) is 1. The van der Waals surface area contributed by atoms with Gasteiger partial charge in [-0.15, -0.1) is 0 Å². The molecule has 1 amide bonds. The molecule has 1 aromatic carbocycles. The SMILES string of the molecule is CC(C)(C(=O)N1CCO[C@H](C(=O)O)C1)c1ccc(Br)cc1. The van der Waals surface area contributed by atoms with Gasteiger partial charge in [0.2, 0.25) is 5.91 Å². The largest absolute Gasteiger partial charge is 0.479 e. The summed E-state index contributed by atoms with van der Waals surface area (Å²) in [5.41, 5.74) is 0.190. The highest BCUT2D eigenvalue weighted by molar-refractivity contribution is 9.10.